The Morgan fingerprint density at radius 3 is 2.46 bits per heavy atom. The van der Waals surface area contributed by atoms with Gasteiger partial charge in [0, 0.05) is 29.7 Å². The number of alkyl carbamates (subject to hydrolysis) is 1. The lowest BCUT2D eigenvalue weighted by atomic mass is 10.0. The van der Waals surface area contributed by atoms with Crippen LogP contribution in [0.3, 0.4) is 0 Å². The van der Waals surface area contributed by atoms with E-state index in [1.165, 1.54) is 16.0 Å². The Hall–Kier alpha value is -4.82. The summed E-state index contributed by atoms with van der Waals surface area (Å²) < 4.78 is 16.8. The van der Waals surface area contributed by atoms with Gasteiger partial charge in [-0.2, -0.15) is 0 Å². The molecule has 9 heteroatoms. The molecular weight excluding hydrogens is 604 g/mol. The second kappa shape index (κ2) is 14.1. The van der Waals surface area contributed by atoms with Gasteiger partial charge in [0.2, 0.25) is 0 Å². The molecular formula is C37H37ClN2O6. The maximum Gasteiger partial charge on any atom is 0.407 e. The molecule has 0 aliphatic heterocycles. The van der Waals surface area contributed by atoms with Crippen LogP contribution in [0.4, 0.5) is 10.5 Å². The van der Waals surface area contributed by atoms with Crippen LogP contribution in [0.5, 0.6) is 11.5 Å². The van der Waals surface area contributed by atoms with Crippen LogP contribution >= 0.6 is 11.6 Å². The number of nitrogens with zero attached hydrogens (tertiary/aromatic N) is 1. The zero-order chi connectivity index (χ0) is 32.8. The Balaban J connectivity index is 1.42. The van der Waals surface area contributed by atoms with Crippen LogP contribution < -0.4 is 15.0 Å². The Morgan fingerprint density at radius 1 is 0.891 bits per heavy atom. The summed E-state index contributed by atoms with van der Waals surface area (Å²) in [5.74, 6) is 0.104. The lowest BCUT2D eigenvalue weighted by Crippen LogP contribution is -2.33. The number of esters is 1. The molecule has 2 amide bonds. The maximum atomic E-state index is 14.2. The molecule has 46 heavy (non-hydrogen) atoms. The number of nitrogens with one attached hydrogen (secondary N) is 1. The highest BCUT2D eigenvalue weighted by molar-refractivity contribution is 6.31. The van der Waals surface area contributed by atoms with Gasteiger partial charge in [0.15, 0.2) is 5.75 Å². The molecule has 0 saturated heterocycles. The molecule has 4 aromatic rings. The first kappa shape index (κ1) is 32.6. The third-order valence-corrected chi connectivity index (χ3v) is 7.54. The van der Waals surface area contributed by atoms with Gasteiger partial charge in [0.05, 0.1) is 18.7 Å². The van der Waals surface area contributed by atoms with Crippen molar-refractivity contribution in [3.8, 4) is 22.6 Å². The fraction of sp³-hybridized carbons (Fsp3) is 0.270. The summed E-state index contributed by atoms with van der Waals surface area (Å²) in [6, 6.07) is 26.2. The number of benzene rings is 4. The molecule has 1 aliphatic carbocycles. The summed E-state index contributed by atoms with van der Waals surface area (Å²) in [4.78, 5) is 40.3. The van der Waals surface area contributed by atoms with Crippen molar-refractivity contribution in [1.82, 2.24) is 5.32 Å². The number of carbonyl (C=O) groups excluding carboxylic acids is 3. The summed E-state index contributed by atoms with van der Waals surface area (Å²) in [7, 11) is 0. The monoisotopic (exact) mass is 640 g/mol. The van der Waals surface area contributed by atoms with Crippen molar-refractivity contribution in [3.05, 3.63) is 112 Å². The van der Waals surface area contributed by atoms with E-state index in [0.29, 0.717) is 27.8 Å². The number of rotatable bonds is 10. The van der Waals surface area contributed by atoms with Gasteiger partial charge in [-0.05, 0) is 98.3 Å². The van der Waals surface area contributed by atoms with Crippen LogP contribution in [-0.2, 0) is 27.2 Å². The van der Waals surface area contributed by atoms with Crippen LogP contribution in [0, 0.1) is 0 Å². The summed E-state index contributed by atoms with van der Waals surface area (Å²) in [5, 5.41) is 3.16. The highest BCUT2D eigenvalue weighted by atomic mass is 35.5. The second-order valence-corrected chi connectivity index (χ2v) is 12.4. The standard InChI is InChI=1S/C37H37ClN2O6/c1-5-44-34(41)17-18-40(35(42)26-13-15-31-27(21-26)20-25-10-6-7-12-30(25)31)32-16-14-28(38)22-33(32)45-29-11-8-9-24(19-29)23-39-36(43)46-37(2,3)4/h6-16,19,21-22H,5,17-18,20,23H2,1-4H3,(H,39,43). The highest BCUT2D eigenvalue weighted by Crippen LogP contribution is 2.39. The van der Waals surface area contributed by atoms with Gasteiger partial charge >= 0.3 is 12.1 Å². The molecule has 8 nitrogen and oxygen atoms in total. The Labute approximate surface area is 274 Å². The number of carbonyl (C=O) groups is 3. The number of amides is 2. The van der Waals surface area contributed by atoms with E-state index >= 15 is 0 Å². The quantitative estimate of drug-likeness (QED) is 0.154. The molecule has 0 heterocycles. The van der Waals surface area contributed by atoms with Gasteiger partial charge in [0.1, 0.15) is 11.4 Å². The van der Waals surface area contributed by atoms with Gasteiger partial charge in [-0.15, -0.1) is 0 Å². The molecule has 5 rings (SSSR count). The van der Waals surface area contributed by atoms with Crippen molar-refractivity contribution >= 4 is 35.3 Å². The molecule has 0 atom stereocenters. The van der Waals surface area contributed by atoms with Crippen molar-refractivity contribution in [2.75, 3.05) is 18.1 Å². The van der Waals surface area contributed by atoms with Gasteiger partial charge in [-0.3, -0.25) is 9.59 Å². The fourth-order valence-electron chi connectivity index (χ4n) is 5.33. The second-order valence-electron chi connectivity index (χ2n) is 11.9. The van der Waals surface area contributed by atoms with E-state index < -0.39 is 17.7 Å². The van der Waals surface area contributed by atoms with Crippen molar-refractivity contribution in [1.29, 1.82) is 0 Å². The number of anilines is 1. The molecule has 1 aliphatic rings. The summed E-state index contributed by atoms with van der Waals surface area (Å²) >= 11 is 6.41. The number of halogens is 1. The summed E-state index contributed by atoms with van der Waals surface area (Å²) in [6.07, 6.45) is 0.204. The highest BCUT2D eigenvalue weighted by Gasteiger charge is 2.26. The van der Waals surface area contributed by atoms with E-state index in [0.717, 1.165) is 23.1 Å². The minimum atomic E-state index is -0.612. The predicted molar refractivity (Wildman–Crippen MR) is 179 cm³/mol. The minimum Gasteiger partial charge on any atom is -0.466 e. The number of ether oxygens (including phenoxy) is 3. The molecule has 0 saturated carbocycles. The molecule has 0 unspecified atom stereocenters. The number of fused-ring (bicyclic) bond motifs is 3. The maximum absolute atomic E-state index is 14.2. The molecule has 1 N–H and O–H groups in total. The largest absolute Gasteiger partial charge is 0.466 e. The Kier molecular flexibility index (Phi) is 9.97. The zero-order valence-corrected chi connectivity index (χ0v) is 27.1. The van der Waals surface area contributed by atoms with E-state index in [-0.39, 0.29) is 32.0 Å². The third-order valence-electron chi connectivity index (χ3n) is 7.31. The first-order valence-electron chi connectivity index (χ1n) is 15.2. The molecule has 238 valence electrons. The number of hydrogen-bond acceptors (Lipinski definition) is 6. The predicted octanol–water partition coefficient (Wildman–Crippen LogP) is 8.33. The molecule has 0 bridgehead atoms. The fourth-order valence-corrected chi connectivity index (χ4v) is 5.49. The summed E-state index contributed by atoms with van der Waals surface area (Å²) in [5.41, 5.74) is 5.68. The van der Waals surface area contributed by atoms with Crippen molar-refractivity contribution in [2.45, 2.75) is 52.7 Å². The molecule has 0 fully saturated rings. The van der Waals surface area contributed by atoms with E-state index in [9.17, 15) is 14.4 Å². The Morgan fingerprint density at radius 2 is 1.67 bits per heavy atom. The third kappa shape index (κ3) is 8.06. The zero-order valence-electron chi connectivity index (χ0n) is 26.4. The average molecular weight is 641 g/mol. The van der Waals surface area contributed by atoms with Crippen LogP contribution in [-0.4, -0.2) is 36.7 Å². The first-order chi connectivity index (χ1) is 22.0. The summed E-state index contributed by atoms with van der Waals surface area (Å²) in [6.45, 7) is 7.67. The Bertz CT molecular complexity index is 1760. The van der Waals surface area contributed by atoms with Crippen LogP contribution in [0.25, 0.3) is 11.1 Å². The van der Waals surface area contributed by atoms with Crippen molar-refractivity contribution in [2.24, 2.45) is 0 Å². The normalized spacial score (nSPS) is 11.7. The van der Waals surface area contributed by atoms with Crippen molar-refractivity contribution < 1.29 is 28.6 Å². The molecule has 0 radical (unpaired) electrons. The van der Waals surface area contributed by atoms with Crippen molar-refractivity contribution in [3.63, 3.8) is 0 Å². The molecule has 4 aromatic carbocycles. The average Bonchev–Trinajstić information content (AvgIpc) is 3.38. The minimum absolute atomic E-state index is 0.0101. The van der Waals surface area contributed by atoms with Gasteiger partial charge < -0.3 is 24.4 Å². The molecule has 0 aromatic heterocycles. The van der Waals surface area contributed by atoms with E-state index in [1.54, 1.807) is 64.1 Å². The van der Waals surface area contributed by atoms with Crippen LogP contribution in [0.15, 0.2) is 84.9 Å². The van der Waals surface area contributed by atoms with E-state index in [2.05, 4.69) is 17.4 Å². The lowest BCUT2D eigenvalue weighted by Gasteiger charge is -2.25. The van der Waals surface area contributed by atoms with E-state index in [1.807, 2.05) is 36.4 Å². The SMILES string of the molecule is CCOC(=O)CCN(C(=O)c1ccc2c(c1)Cc1ccccc1-2)c1ccc(Cl)cc1Oc1cccc(CNC(=O)OC(C)(C)C)c1. The van der Waals surface area contributed by atoms with Gasteiger partial charge in [-0.1, -0.05) is 54.1 Å². The van der Waals surface area contributed by atoms with Crippen LogP contribution in [0.2, 0.25) is 5.02 Å². The number of hydrogen-bond donors (Lipinski definition) is 1. The van der Waals surface area contributed by atoms with Gasteiger partial charge in [-0.25, -0.2) is 4.79 Å². The van der Waals surface area contributed by atoms with E-state index in [4.69, 9.17) is 25.8 Å². The van der Waals surface area contributed by atoms with Gasteiger partial charge in [0.25, 0.3) is 5.91 Å². The molecule has 0 spiro atoms. The lowest BCUT2D eigenvalue weighted by molar-refractivity contribution is -0.142. The van der Waals surface area contributed by atoms with Crippen LogP contribution in [0.1, 0.15) is 61.2 Å². The smallest absolute Gasteiger partial charge is 0.407 e. The first-order valence-corrected chi connectivity index (χ1v) is 15.6. The topological polar surface area (TPSA) is 94.2 Å².